The normalized spacial score (nSPS) is 22.1. The number of aryl methyl sites for hydroxylation is 1. The number of nitrogens with zero attached hydrogens (tertiary/aromatic N) is 2. The van der Waals surface area contributed by atoms with E-state index < -0.39 is 5.97 Å². The molecule has 1 saturated carbocycles. The van der Waals surface area contributed by atoms with E-state index in [1.54, 1.807) is 0 Å². The van der Waals surface area contributed by atoms with E-state index in [0.717, 1.165) is 24.4 Å². The van der Waals surface area contributed by atoms with E-state index in [1.165, 1.54) is 20.0 Å². The average Bonchev–Trinajstić information content (AvgIpc) is 3.02. The topological polar surface area (TPSA) is 70.1 Å². The summed E-state index contributed by atoms with van der Waals surface area (Å²) in [6, 6.07) is 0.348. The molecule has 112 valence electrons. The van der Waals surface area contributed by atoms with Crippen molar-refractivity contribution < 1.29 is 9.53 Å². The maximum Gasteiger partial charge on any atom is 0.360 e. The maximum absolute atomic E-state index is 11.8. The monoisotopic (exact) mass is 297 g/mol. The number of carbonyl (C=O) groups is 1. The first-order valence-corrected chi connectivity index (χ1v) is 8.25. The zero-order chi connectivity index (χ0) is 14.7. The third-order valence-corrected chi connectivity index (χ3v) is 5.16. The molecule has 1 aliphatic rings. The van der Waals surface area contributed by atoms with Gasteiger partial charge in [0.05, 0.1) is 7.11 Å². The van der Waals surface area contributed by atoms with Gasteiger partial charge in [-0.1, -0.05) is 20.3 Å². The van der Waals surface area contributed by atoms with Gasteiger partial charge in [-0.2, -0.15) is 11.8 Å². The average molecular weight is 297 g/mol. The van der Waals surface area contributed by atoms with E-state index in [-0.39, 0.29) is 5.69 Å². The molecule has 0 radical (unpaired) electrons. The lowest BCUT2D eigenvalue weighted by atomic mass is 10.2. The second-order valence-corrected chi connectivity index (χ2v) is 6.49. The smallest absolute Gasteiger partial charge is 0.360 e. The molecule has 0 bridgehead atoms. The van der Waals surface area contributed by atoms with Gasteiger partial charge in [0.1, 0.15) is 11.6 Å². The van der Waals surface area contributed by atoms with Crippen LogP contribution in [0.25, 0.3) is 0 Å². The van der Waals surface area contributed by atoms with Gasteiger partial charge in [0, 0.05) is 17.7 Å². The SMILES string of the molecule is CCSC1CCCC1n1c(CC)nc(C(=O)OC)c1N. The molecule has 5 nitrogen and oxygen atoms in total. The molecule has 20 heavy (non-hydrogen) atoms. The summed E-state index contributed by atoms with van der Waals surface area (Å²) in [5, 5.41) is 0.562. The van der Waals surface area contributed by atoms with Gasteiger partial charge < -0.3 is 15.0 Å². The fraction of sp³-hybridized carbons (Fsp3) is 0.714. The Morgan fingerprint density at radius 2 is 2.25 bits per heavy atom. The highest BCUT2D eigenvalue weighted by atomic mass is 32.2. The number of ether oxygens (including phenoxy) is 1. The number of carbonyl (C=O) groups excluding carboxylic acids is 1. The van der Waals surface area contributed by atoms with Crippen LogP contribution in [0.4, 0.5) is 5.82 Å². The lowest BCUT2D eigenvalue weighted by Gasteiger charge is -2.23. The Bertz CT molecular complexity index is 487. The fourth-order valence-corrected chi connectivity index (χ4v) is 4.21. The van der Waals surface area contributed by atoms with Crippen LogP contribution in [-0.4, -0.2) is 33.6 Å². The van der Waals surface area contributed by atoms with Crippen molar-refractivity contribution in [3.05, 3.63) is 11.5 Å². The van der Waals surface area contributed by atoms with Crippen LogP contribution in [-0.2, 0) is 11.2 Å². The quantitative estimate of drug-likeness (QED) is 0.846. The summed E-state index contributed by atoms with van der Waals surface area (Å²) < 4.78 is 6.84. The number of nitrogen functional groups attached to an aromatic ring is 1. The molecule has 2 atom stereocenters. The number of hydrogen-bond acceptors (Lipinski definition) is 5. The first-order chi connectivity index (χ1) is 9.63. The molecule has 2 rings (SSSR count). The number of aromatic nitrogens is 2. The van der Waals surface area contributed by atoms with Crippen molar-refractivity contribution in [2.75, 3.05) is 18.6 Å². The molecule has 1 heterocycles. The van der Waals surface area contributed by atoms with Crippen molar-refractivity contribution in [3.63, 3.8) is 0 Å². The molecule has 1 aromatic rings. The number of imidazole rings is 1. The number of rotatable bonds is 5. The summed E-state index contributed by atoms with van der Waals surface area (Å²) in [5.41, 5.74) is 6.45. The molecule has 1 fully saturated rings. The van der Waals surface area contributed by atoms with Crippen LogP contribution in [0.3, 0.4) is 0 Å². The van der Waals surface area contributed by atoms with E-state index in [0.29, 0.717) is 17.1 Å². The molecule has 0 saturated heterocycles. The van der Waals surface area contributed by atoms with Gasteiger partial charge in [-0.3, -0.25) is 0 Å². The predicted molar refractivity (Wildman–Crippen MR) is 82.2 cm³/mol. The van der Waals surface area contributed by atoms with Crippen LogP contribution >= 0.6 is 11.8 Å². The summed E-state index contributed by atoms with van der Waals surface area (Å²) in [6.45, 7) is 4.22. The second kappa shape index (κ2) is 6.52. The molecular weight excluding hydrogens is 274 g/mol. The molecule has 0 amide bonds. The van der Waals surface area contributed by atoms with Gasteiger partial charge in [-0.15, -0.1) is 0 Å². The van der Waals surface area contributed by atoms with Crippen LogP contribution in [0.2, 0.25) is 0 Å². The molecule has 1 aromatic heterocycles. The Balaban J connectivity index is 2.39. The molecule has 2 N–H and O–H groups in total. The first kappa shape index (κ1) is 15.2. The van der Waals surface area contributed by atoms with E-state index in [4.69, 9.17) is 10.5 Å². The van der Waals surface area contributed by atoms with Gasteiger partial charge in [-0.05, 0) is 18.6 Å². The van der Waals surface area contributed by atoms with Crippen LogP contribution in [0, 0.1) is 0 Å². The molecule has 6 heteroatoms. The Morgan fingerprint density at radius 1 is 1.50 bits per heavy atom. The second-order valence-electron chi connectivity index (χ2n) is 4.97. The summed E-state index contributed by atoms with van der Waals surface area (Å²) in [7, 11) is 1.36. The van der Waals surface area contributed by atoms with Crippen LogP contribution < -0.4 is 5.73 Å². The number of thioether (sulfide) groups is 1. The third-order valence-electron chi connectivity index (χ3n) is 3.85. The molecule has 0 aromatic carbocycles. The van der Waals surface area contributed by atoms with Crippen molar-refractivity contribution in [2.45, 2.75) is 50.8 Å². The Labute approximate surface area is 124 Å². The minimum Gasteiger partial charge on any atom is -0.464 e. The fourth-order valence-electron chi connectivity index (χ4n) is 2.97. The van der Waals surface area contributed by atoms with Crippen molar-refractivity contribution in [1.82, 2.24) is 9.55 Å². The minimum atomic E-state index is -0.450. The van der Waals surface area contributed by atoms with Gasteiger partial charge in [-0.25, -0.2) is 9.78 Å². The maximum atomic E-state index is 11.8. The highest BCUT2D eigenvalue weighted by Gasteiger charge is 2.33. The molecule has 0 spiro atoms. The highest BCUT2D eigenvalue weighted by Crippen LogP contribution is 2.41. The summed E-state index contributed by atoms with van der Waals surface area (Å²) in [6.07, 6.45) is 4.28. The third kappa shape index (κ3) is 2.66. The lowest BCUT2D eigenvalue weighted by Crippen LogP contribution is -2.20. The zero-order valence-corrected chi connectivity index (χ0v) is 13.2. The zero-order valence-electron chi connectivity index (χ0n) is 12.4. The molecule has 2 unspecified atom stereocenters. The summed E-state index contributed by atoms with van der Waals surface area (Å²) >= 11 is 1.97. The minimum absolute atomic E-state index is 0.261. The van der Waals surface area contributed by atoms with Gasteiger partial charge in [0.2, 0.25) is 0 Å². The Hall–Kier alpha value is -1.17. The van der Waals surface area contributed by atoms with Gasteiger partial charge >= 0.3 is 5.97 Å². The van der Waals surface area contributed by atoms with Crippen molar-refractivity contribution >= 4 is 23.5 Å². The summed E-state index contributed by atoms with van der Waals surface area (Å²) in [5.74, 6) is 1.99. The van der Waals surface area contributed by atoms with Crippen LogP contribution in [0.1, 0.15) is 55.5 Å². The van der Waals surface area contributed by atoms with E-state index >= 15 is 0 Å². The summed E-state index contributed by atoms with van der Waals surface area (Å²) in [4.78, 5) is 16.1. The van der Waals surface area contributed by atoms with Gasteiger partial charge in [0.15, 0.2) is 5.69 Å². The van der Waals surface area contributed by atoms with E-state index in [1.807, 2.05) is 18.7 Å². The Kier molecular flexibility index (Phi) is 4.96. The van der Waals surface area contributed by atoms with E-state index in [2.05, 4.69) is 16.5 Å². The standard InChI is InChI=1S/C14H23N3O2S/c1-4-11-16-12(14(18)19-3)13(15)17(11)9-7-6-8-10(9)20-5-2/h9-10H,4-8,15H2,1-3H3. The van der Waals surface area contributed by atoms with E-state index in [9.17, 15) is 4.79 Å². The first-order valence-electron chi connectivity index (χ1n) is 7.20. The lowest BCUT2D eigenvalue weighted by molar-refractivity contribution is 0.0595. The van der Waals surface area contributed by atoms with Crippen molar-refractivity contribution in [1.29, 1.82) is 0 Å². The molecular formula is C14H23N3O2S. The number of methoxy groups -OCH3 is 1. The number of hydrogen-bond donors (Lipinski definition) is 1. The molecule has 0 aliphatic heterocycles. The number of anilines is 1. The molecule has 1 aliphatic carbocycles. The van der Waals surface area contributed by atoms with Crippen molar-refractivity contribution in [3.8, 4) is 0 Å². The van der Waals surface area contributed by atoms with Crippen LogP contribution in [0.15, 0.2) is 0 Å². The number of esters is 1. The van der Waals surface area contributed by atoms with Crippen molar-refractivity contribution in [2.24, 2.45) is 0 Å². The largest absolute Gasteiger partial charge is 0.464 e. The van der Waals surface area contributed by atoms with Crippen LogP contribution in [0.5, 0.6) is 0 Å². The highest BCUT2D eigenvalue weighted by molar-refractivity contribution is 7.99. The van der Waals surface area contributed by atoms with Gasteiger partial charge in [0.25, 0.3) is 0 Å². The number of nitrogens with two attached hydrogens (primary N) is 1. The Morgan fingerprint density at radius 3 is 2.85 bits per heavy atom. The predicted octanol–water partition coefficient (Wildman–Crippen LogP) is 2.66.